The number of halogens is 1. The maximum atomic E-state index is 12.2. The van der Waals surface area contributed by atoms with E-state index in [0.717, 1.165) is 6.42 Å². The second kappa shape index (κ2) is 7.20. The van der Waals surface area contributed by atoms with Gasteiger partial charge in [0.1, 0.15) is 0 Å². The van der Waals surface area contributed by atoms with Gasteiger partial charge in [0.15, 0.2) is 28.5 Å². The van der Waals surface area contributed by atoms with Gasteiger partial charge in [0.05, 0.1) is 18.8 Å². The first-order valence-corrected chi connectivity index (χ1v) is 8.63. The fraction of sp³-hybridized carbons (Fsp3) is 0.235. The Hall–Kier alpha value is -2.81. The molecule has 0 radical (unpaired) electrons. The van der Waals surface area contributed by atoms with Crippen molar-refractivity contribution in [2.24, 2.45) is 0 Å². The summed E-state index contributed by atoms with van der Waals surface area (Å²) in [6, 6.07) is 8.31. The number of nitrogens with zero attached hydrogens (tertiary/aromatic N) is 2. The van der Waals surface area contributed by atoms with Gasteiger partial charge in [-0.3, -0.25) is 0 Å². The molecule has 3 heterocycles. The van der Waals surface area contributed by atoms with E-state index in [1.807, 2.05) is 0 Å². The van der Waals surface area contributed by atoms with Gasteiger partial charge in [-0.1, -0.05) is 0 Å². The average molecular weight is 421 g/mol. The quantitative estimate of drug-likeness (QED) is 0.590. The van der Waals surface area contributed by atoms with Crippen molar-refractivity contribution in [2.45, 2.75) is 13.0 Å². The molecule has 134 valence electrons. The van der Waals surface area contributed by atoms with Crippen LogP contribution in [-0.4, -0.2) is 29.4 Å². The molecule has 1 aromatic carbocycles. The molecule has 0 bridgehead atoms. The third-order valence-corrected chi connectivity index (χ3v) is 3.99. The molecule has 0 fully saturated rings. The Bertz CT molecular complexity index is 935. The zero-order chi connectivity index (χ0) is 17.9. The maximum absolute atomic E-state index is 12.2. The van der Waals surface area contributed by atoms with Crippen molar-refractivity contribution in [1.29, 1.82) is 0 Å². The number of furan rings is 1. The molecule has 0 unspecified atom stereocenters. The van der Waals surface area contributed by atoms with Crippen LogP contribution in [0.15, 0.2) is 43.8 Å². The summed E-state index contributed by atoms with van der Waals surface area (Å²) < 4.78 is 27.6. The van der Waals surface area contributed by atoms with Gasteiger partial charge in [0.25, 0.3) is 11.8 Å². The summed E-state index contributed by atoms with van der Waals surface area (Å²) in [4.78, 5) is 12.2. The first-order chi connectivity index (χ1) is 12.7. The highest BCUT2D eigenvalue weighted by Crippen LogP contribution is 2.30. The van der Waals surface area contributed by atoms with Crippen LogP contribution in [0.2, 0.25) is 0 Å². The first kappa shape index (κ1) is 16.6. The number of hydrogen-bond acceptors (Lipinski definition) is 8. The zero-order valence-electron chi connectivity index (χ0n) is 13.4. The van der Waals surface area contributed by atoms with Crippen LogP contribution in [0.4, 0.5) is 0 Å². The monoisotopic (exact) mass is 420 g/mol. The molecular formula is C17H13BrN2O6. The van der Waals surface area contributed by atoms with Crippen LogP contribution in [0.3, 0.4) is 0 Å². The molecule has 0 aliphatic carbocycles. The fourth-order valence-corrected chi connectivity index (χ4v) is 2.65. The Morgan fingerprint density at radius 1 is 1.08 bits per heavy atom. The minimum absolute atomic E-state index is 0.151. The van der Waals surface area contributed by atoms with Gasteiger partial charge in [-0.25, -0.2) is 4.79 Å². The Balaban J connectivity index is 1.41. The van der Waals surface area contributed by atoms with Crippen LogP contribution in [0.5, 0.6) is 11.5 Å². The summed E-state index contributed by atoms with van der Waals surface area (Å²) in [6.45, 7) is 0.976. The third-order valence-electron chi connectivity index (χ3n) is 3.56. The normalized spacial score (nSPS) is 13.3. The Kier molecular flexibility index (Phi) is 4.61. The van der Waals surface area contributed by atoms with Crippen LogP contribution in [0.1, 0.15) is 22.7 Å². The van der Waals surface area contributed by atoms with Gasteiger partial charge in [-0.05, 0) is 46.3 Å². The molecule has 2 aromatic heterocycles. The standard InChI is InChI=1S/C17H13BrN2O6/c18-14-5-4-12(25-14)16-20-19-15(26-16)9-24-17(21)10-2-3-11-13(8-10)23-7-1-6-22-11/h2-5,8H,1,6-7,9H2. The minimum Gasteiger partial charge on any atom is -0.490 e. The SMILES string of the molecule is O=C(OCc1nnc(-c2ccc(Br)o2)o1)c1ccc2c(c1)OCCCO2. The summed E-state index contributed by atoms with van der Waals surface area (Å²) in [5.41, 5.74) is 0.351. The van der Waals surface area contributed by atoms with E-state index in [4.69, 9.17) is 23.0 Å². The predicted octanol–water partition coefficient (Wildman–Crippen LogP) is 3.61. The molecule has 0 saturated heterocycles. The molecule has 0 saturated carbocycles. The highest BCUT2D eigenvalue weighted by molar-refractivity contribution is 9.10. The lowest BCUT2D eigenvalue weighted by Gasteiger charge is -2.08. The lowest BCUT2D eigenvalue weighted by molar-refractivity contribution is 0.0438. The van der Waals surface area contributed by atoms with Gasteiger partial charge in [-0.15, -0.1) is 10.2 Å². The van der Waals surface area contributed by atoms with Crippen molar-refractivity contribution in [3.8, 4) is 23.1 Å². The molecule has 9 heteroatoms. The number of carbonyl (C=O) groups is 1. The Morgan fingerprint density at radius 2 is 1.92 bits per heavy atom. The van der Waals surface area contributed by atoms with Gasteiger partial charge >= 0.3 is 5.97 Å². The average Bonchev–Trinajstić information content (AvgIpc) is 3.22. The number of fused-ring (bicyclic) bond motifs is 1. The Labute approximate surface area is 156 Å². The number of benzene rings is 1. The highest BCUT2D eigenvalue weighted by atomic mass is 79.9. The predicted molar refractivity (Wildman–Crippen MR) is 90.9 cm³/mol. The number of esters is 1. The van der Waals surface area contributed by atoms with E-state index >= 15 is 0 Å². The molecule has 8 nitrogen and oxygen atoms in total. The van der Waals surface area contributed by atoms with E-state index in [-0.39, 0.29) is 18.4 Å². The van der Waals surface area contributed by atoms with E-state index in [9.17, 15) is 4.79 Å². The number of hydrogen-bond donors (Lipinski definition) is 0. The van der Waals surface area contributed by atoms with Gasteiger partial charge < -0.3 is 23.0 Å². The van der Waals surface area contributed by atoms with Gasteiger partial charge in [0.2, 0.25) is 0 Å². The van der Waals surface area contributed by atoms with Gasteiger partial charge in [-0.2, -0.15) is 0 Å². The van der Waals surface area contributed by atoms with Crippen molar-refractivity contribution >= 4 is 21.9 Å². The minimum atomic E-state index is -0.527. The molecule has 4 rings (SSSR count). The van der Waals surface area contributed by atoms with E-state index in [1.54, 1.807) is 30.3 Å². The molecule has 1 aliphatic heterocycles. The first-order valence-electron chi connectivity index (χ1n) is 7.84. The zero-order valence-corrected chi connectivity index (χ0v) is 15.0. The summed E-state index contributed by atoms with van der Waals surface area (Å²) in [5, 5.41) is 7.70. The summed E-state index contributed by atoms with van der Waals surface area (Å²) in [6.07, 6.45) is 0.792. The van der Waals surface area contributed by atoms with E-state index < -0.39 is 5.97 Å². The van der Waals surface area contributed by atoms with E-state index in [0.29, 0.717) is 40.7 Å². The molecule has 0 spiro atoms. The van der Waals surface area contributed by atoms with Crippen molar-refractivity contribution in [1.82, 2.24) is 10.2 Å². The Morgan fingerprint density at radius 3 is 2.73 bits per heavy atom. The highest BCUT2D eigenvalue weighted by Gasteiger charge is 2.17. The summed E-state index contributed by atoms with van der Waals surface area (Å²) >= 11 is 3.20. The molecular weight excluding hydrogens is 408 g/mol. The topological polar surface area (TPSA) is 96.8 Å². The number of ether oxygens (including phenoxy) is 3. The van der Waals surface area contributed by atoms with Crippen molar-refractivity contribution in [3.63, 3.8) is 0 Å². The lowest BCUT2D eigenvalue weighted by Crippen LogP contribution is -2.06. The van der Waals surface area contributed by atoms with Crippen LogP contribution < -0.4 is 9.47 Å². The van der Waals surface area contributed by atoms with Gasteiger partial charge in [0, 0.05) is 6.42 Å². The smallest absolute Gasteiger partial charge is 0.338 e. The van der Waals surface area contributed by atoms with Crippen LogP contribution in [0, 0.1) is 0 Å². The third kappa shape index (κ3) is 3.57. The molecule has 26 heavy (non-hydrogen) atoms. The molecule has 0 amide bonds. The van der Waals surface area contributed by atoms with Crippen molar-refractivity contribution in [2.75, 3.05) is 13.2 Å². The van der Waals surface area contributed by atoms with Crippen LogP contribution >= 0.6 is 15.9 Å². The van der Waals surface area contributed by atoms with Crippen molar-refractivity contribution < 1.29 is 27.8 Å². The molecule has 1 aliphatic rings. The molecule has 3 aromatic rings. The van der Waals surface area contributed by atoms with Crippen LogP contribution in [-0.2, 0) is 11.3 Å². The summed E-state index contributed by atoms with van der Waals surface area (Å²) in [5.74, 6) is 1.41. The number of carbonyl (C=O) groups excluding carboxylic acids is 1. The number of rotatable bonds is 4. The second-order valence-corrected chi connectivity index (χ2v) is 6.17. The van der Waals surface area contributed by atoms with E-state index in [1.165, 1.54) is 0 Å². The van der Waals surface area contributed by atoms with Crippen LogP contribution in [0.25, 0.3) is 11.7 Å². The lowest BCUT2D eigenvalue weighted by atomic mass is 10.2. The van der Waals surface area contributed by atoms with E-state index in [2.05, 4.69) is 26.1 Å². The molecule has 0 atom stereocenters. The molecule has 0 N–H and O–H groups in total. The number of aromatic nitrogens is 2. The van der Waals surface area contributed by atoms with Crippen molar-refractivity contribution in [3.05, 3.63) is 46.5 Å². The fourth-order valence-electron chi connectivity index (χ4n) is 2.34. The second-order valence-electron chi connectivity index (χ2n) is 5.39. The largest absolute Gasteiger partial charge is 0.490 e. The maximum Gasteiger partial charge on any atom is 0.338 e. The summed E-state index contributed by atoms with van der Waals surface area (Å²) in [7, 11) is 0.